The van der Waals surface area contributed by atoms with Crippen molar-refractivity contribution < 1.29 is 27.4 Å². The van der Waals surface area contributed by atoms with Crippen molar-refractivity contribution in [3.63, 3.8) is 0 Å². The van der Waals surface area contributed by atoms with E-state index in [1.807, 2.05) is 0 Å². The average molecular weight is 479 g/mol. The molecule has 0 radical (unpaired) electrons. The Balaban J connectivity index is 2.13. The summed E-state index contributed by atoms with van der Waals surface area (Å²) in [6.45, 7) is 4.42. The van der Waals surface area contributed by atoms with Crippen molar-refractivity contribution >= 4 is 33.3 Å². The summed E-state index contributed by atoms with van der Waals surface area (Å²) < 4.78 is 47.9. The van der Waals surface area contributed by atoms with Gasteiger partial charge in [-0.25, -0.2) is 17.6 Å². The second-order valence-electron chi connectivity index (χ2n) is 7.59. The topological polar surface area (TPSA) is 106 Å². The number of aryl methyl sites for hydroxylation is 1. The Morgan fingerprint density at radius 3 is 2.50 bits per heavy atom. The predicted molar refractivity (Wildman–Crippen MR) is 119 cm³/mol. The van der Waals surface area contributed by atoms with Gasteiger partial charge in [-0.2, -0.15) is 0 Å². The Bertz CT molecular complexity index is 1270. The summed E-state index contributed by atoms with van der Waals surface area (Å²) in [6.07, 6.45) is 2.71. The Kier molecular flexibility index (Phi) is 6.43. The number of halogens is 2. The number of anilines is 1. The Morgan fingerprint density at radius 1 is 1.16 bits per heavy atom. The number of benzene rings is 2. The van der Waals surface area contributed by atoms with E-state index in [0.29, 0.717) is 16.7 Å². The van der Waals surface area contributed by atoms with Crippen LogP contribution < -0.4 is 9.46 Å². The van der Waals surface area contributed by atoms with Crippen LogP contribution in [0.3, 0.4) is 0 Å². The molecule has 0 aliphatic rings. The van der Waals surface area contributed by atoms with Crippen LogP contribution in [0.15, 0.2) is 59.8 Å². The van der Waals surface area contributed by atoms with Crippen LogP contribution >= 0.6 is 11.6 Å². The lowest BCUT2D eigenvalue weighted by atomic mass is 10.0. The minimum atomic E-state index is -4.07. The maximum Gasteiger partial charge on any atom is 0.347 e. The van der Waals surface area contributed by atoms with Gasteiger partial charge in [-0.05, 0) is 68.3 Å². The molecule has 1 aromatic heterocycles. The maximum atomic E-state index is 14.0. The summed E-state index contributed by atoms with van der Waals surface area (Å²) in [7, 11) is -4.07. The van der Waals surface area contributed by atoms with Crippen molar-refractivity contribution in [2.45, 2.75) is 31.3 Å². The van der Waals surface area contributed by atoms with Crippen LogP contribution in [0.25, 0.3) is 11.1 Å². The summed E-state index contributed by atoms with van der Waals surface area (Å²) in [4.78, 5) is 15.3. The third-order valence-electron chi connectivity index (χ3n) is 4.46. The van der Waals surface area contributed by atoms with Crippen molar-refractivity contribution in [2.24, 2.45) is 0 Å². The van der Waals surface area contributed by atoms with Crippen LogP contribution in [0, 0.1) is 12.7 Å². The molecule has 3 rings (SSSR count). The quantitative estimate of drug-likeness (QED) is 0.500. The molecule has 0 aliphatic heterocycles. The Hall–Kier alpha value is -3.17. The molecule has 0 aliphatic carbocycles. The highest BCUT2D eigenvalue weighted by Gasteiger charge is 2.30. The first-order valence-electron chi connectivity index (χ1n) is 9.35. The number of carbonyl (C=O) groups is 1. The molecule has 2 aromatic carbocycles. The second kappa shape index (κ2) is 8.76. The number of hydrogen-bond donors (Lipinski definition) is 2. The van der Waals surface area contributed by atoms with Crippen molar-refractivity contribution in [2.75, 3.05) is 4.72 Å². The fourth-order valence-electron chi connectivity index (χ4n) is 2.85. The molecule has 1 heterocycles. The largest absolute Gasteiger partial charge is 0.478 e. The van der Waals surface area contributed by atoms with Gasteiger partial charge in [0.25, 0.3) is 10.0 Å². The van der Waals surface area contributed by atoms with Crippen LogP contribution in [-0.4, -0.2) is 30.1 Å². The number of sulfonamides is 1. The van der Waals surface area contributed by atoms with E-state index >= 15 is 0 Å². The lowest BCUT2D eigenvalue weighted by Gasteiger charge is -2.23. The van der Waals surface area contributed by atoms with Gasteiger partial charge >= 0.3 is 5.97 Å². The van der Waals surface area contributed by atoms with E-state index in [-0.39, 0.29) is 21.4 Å². The lowest BCUT2D eigenvalue weighted by molar-refractivity contribution is -0.152. The molecule has 2 N–H and O–H groups in total. The van der Waals surface area contributed by atoms with E-state index in [0.717, 1.165) is 6.07 Å². The van der Waals surface area contributed by atoms with E-state index in [9.17, 15) is 22.7 Å². The molecule has 7 nitrogen and oxygen atoms in total. The number of nitrogens with one attached hydrogen (secondary N) is 1. The number of pyridine rings is 1. The van der Waals surface area contributed by atoms with Crippen LogP contribution in [0.5, 0.6) is 5.75 Å². The fourth-order valence-corrected chi connectivity index (χ4v) is 4.19. The third-order valence-corrected chi connectivity index (χ3v) is 6.01. The third kappa shape index (κ3) is 5.35. The lowest BCUT2D eigenvalue weighted by Crippen LogP contribution is -2.37. The first-order valence-corrected chi connectivity index (χ1v) is 11.2. The maximum absolute atomic E-state index is 14.0. The van der Waals surface area contributed by atoms with Gasteiger partial charge in [-0.1, -0.05) is 11.6 Å². The molecule has 0 fully saturated rings. The summed E-state index contributed by atoms with van der Waals surface area (Å²) in [5.74, 6) is -1.70. The van der Waals surface area contributed by atoms with Gasteiger partial charge in [0.15, 0.2) is 5.60 Å². The summed E-state index contributed by atoms with van der Waals surface area (Å²) in [6, 6.07) is 9.54. The smallest absolute Gasteiger partial charge is 0.347 e. The molecule has 168 valence electrons. The summed E-state index contributed by atoms with van der Waals surface area (Å²) in [5, 5.41) is 9.46. The highest BCUT2D eigenvalue weighted by molar-refractivity contribution is 7.92. The minimum Gasteiger partial charge on any atom is -0.478 e. The SMILES string of the molecule is Cc1cncc(S(=O)(=O)Nc2cc(OC(C)(C)C(=O)O)ccc2-c2cc(F)cc(Cl)c2)c1. The molecule has 10 heteroatoms. The zero-order chi connectivity index (χ0) is 23.7. The van der Waals surface area contributed by atoms with Crippen molar-refractivity contribution in [3.8, 4) is 16.9 Å². The second-order valence-corrected chi connectivity index (χ2v) is 9.71. The zero-order valence-corrected chi connectivity index (χ0v) is 19.0. The number of nitrogens with zero attached hydrogens (tertiary/aromatic N) is 1. The van der Waals surface area contributed by atoms with Crippen LogP contribution in [0.4, 0.5) is 10.1 Å². The molecule has 0 atom stereocenters. The number of rotatable bonds is 7. The van der Waals surface area contributed by atoms with Crippen LogP contribution in [0.1, 0.15) is 19.4 Å². The van der Waals surface area contributed by atoms with E-state index in [4.69, 9.17) is 16.3 Å². The first kappa shape index (κ1) is 23.5. The zero-order valence-electron chi connectivity index (χ0n) is 17.4. The van der Waals surface area contributed by atoms with Crippen molar-refractivity contribution in [3.05, 3.63) is 71.3 Å². The highest BCUT2D eigenvalue weighted by Crippen LogP contribution is 2.35. The summed E-state index contributed by atoms with van der Waals surface area (Å²) >= 11 is 5.98. The number of ether oxygens (including phenoxy) is 1. The molecule has 0 saturated carbocycles. The van der Waals surface area contributed by atoms with Gasteiger partial charge in [-0.3, -0.25) is 9.71 Å². The fraction of sp³-hybridized carbons (Fsp3) is 0.182. The molecule has 0 saturated heterocycles. The average Bonchev–Trinajstić information content (AvgIpc) is 2.66. The normalized spacial score (nSPS) is 11.8. The number of carboxylic acid groups (broad SMARTS) is 1. The van der Waals surface area contributed by atoms with E-state index in [2.05, 4.69) is 9.71 Å². The van der Waals surface area contributed by atoms with Crippen molar-refractivity contribution in [1.82, 2.24) is 4.98 Å². The Labute approximate surface area is 189 Å². The van der Waals surface area contributed by atoms with Crippen molar-refractivity contribution in [1.29, 1.82) is 0 Å². The van der Waals surface area contributed by atoms with Gasteiger partial charge in [0.2, 0.25) is 0 Å². The standard InChI is InChI=1S/C22H20ClFN2O5S/c1-13-6-18(12-25-11-13)32(29,30)26-20-10-17(31-22(2,3)21(27)28)4-5-19(20)14-7-15(23)9-16(24)8-14/h4-12,26H,1-3H3,(H,27,28). The van der Waals surface area contributed by atoms with Gasteiger partial charge < -0.3 is 9.84 Å². The number of carboxylic acids is 1. The van der Waals surface area contributed by atoms with Crippen LogP contribution in [0.2, 0.25) is 5.02 Å². The highest BCUT2D eigenvalue weighted by atomic mass is 35.5. The van der Waals surface area contributed by atoms with E-state index in [1.165, 1.54) is 62.6 Å². The van der Waals surface area contributed by atoms with Gasteiger partial charge in [0.05, 0.1) is 5.69 Å². The molecule has 0 unspecified atom stereocenters. The molecule has 32 heavy (non-hydrogen) atoms. The molecule has 3 aromatic rings. The minimum absolute atomic E-state index is 0.0480. The molecule has 0 spiro atoms. The molecular weight excluding hydrogens is 459 g/mol. The molecular formula is C22H20ClFN2O5S. The Morgan fingerprint density at radius 2 is 1.88 bits per heavy atom. The van der Waals surface area contributed by atoms with E-state index in [1.54, 1.807) is 6.92 Å². The summed E-state index contributed by atoms with van der Waals surface area (Å²) in [5.41, 5.74) is -0.243. The first-order chi connectivity index (χ1) is 14.9. The van der Waals surface area contributed by atoms with Gasteiger partial charge in [0, 0.05) is 29.0 Å². The van der Waals surface area contributed by atoms with Gasteiger partial charge in [-0.15, -0.1) is 0 Å². The molecule has 0 bridgehead atoms. The number of aromatic nitrogens is 1. The number of hydrogen-bond acceptors (Lipinski definition) is 5. The van der Waals surface area contributed by atoms with Gasteiger partial charge in [0.1, 0.15) is 16.5 Å². The molecule has 0 amide bonds. The predicted octanol–water partition coefficient (Wildman–Crippen LogP) is 4.89. The number of aliphatic carboxylic acids is 1. The van der Waals surface area contributed by atoms with Crippen LogP contribution in [-0.2, 0) is 14.8 Å². The monoisotopic (exact) mass is 478 g/mol. The van der Waals surface area contributed by atoms with E-state index < -0.39 is 27.4 Å².